The van der Waals surface area contributed by atoms with Crippen molar-refractivity contribution >= 4 is 32.6 Å². The number of rotatable bonds is 1. The minimum atomic E-state index is 0.789. The summed E-state index contributed by atoms with van der Waals surface area (Å²) in [6.07, 6.45) is 1.60. The first kappa shape index (κ1) is 9.73. The van der Waals surface area contributed by atoms with Gasteiger partial charge in [-0.3, -0.25) is 0 Å². The molecule has 3 aromatic rings. The summed E-state index contributed by atoms with van der Waals surface area (Å²) in [5.41, 5.74) is 8.25. The van der Waals surface area contributed by atoms with Crippen molar-refractivity contribution in [3.63, 3.8) is 0 Å². The molecule has 3 aromatic heterocycles. The van der Waals surface area contributed by atoms with Crippen LogP contribution in [0.3, 0.4) is 0 Å². The molecule has 0 aliphatic heterocycles. The van der Waals surface area contributed by atoms with Crippen molar-refractivity contribution in [3.8, 4) is 10.6 Å². The van der Waals surface area contributed by atoms with Gasteiger partial charge in [-0.2, -0.15) is 9.61 Å². The Kier molecular flexibility index (Phi) is 1.98. The Bertz CT molecular complexity index is 634. The van der Waals surface area contributed by atoms with E-state index in [0.717, 1.165) is 20.5 Å². The number of fused-ring (bicyclic) bond motifs is 1. The van der Waals surface area contributed by atoms with Crippen LogP contribution in [0.4, 0.5) is 5.00 Å². The second-order valence-corrected chi connectivity index (χ2v) is 5.70. The number of hydrogen-bond donors (Lipinski definition) is 1. The fourth-order valence-corrected chi connectivity index (χ4v) is 3.52. The van der Waals surface area contributed by atoms with Gasteiger partial charge in [0.05, 0.1) is 5.00 Å². The second-order valence-electron chi connectivity index (χ2n) is 3.49. The molecule has 82 valence electrons. The molecule has 0 bridgehead atoms. The van der Waals surface area contributed by atoms with E-state index in [4.69, 9.17) is 5.73 Å². The molecule has 0 aliphatic carbocycles. The van der Waals surface area contributed by atoms with Gasteiger partial charge in [0.1, 0.15) is 6.33 Å². The van der Waals surface area contributed by atoms with Crippen LogP contribution in [-0.4, -0.2) is 19.8 Å². The highest BCUT2D eigenvalue weighted by atomic mass is 32.1. The maximum Gasteiger partial charge on any atom is 0.234 e. The lowest BCUT2D eigenvalue weighted by Crippen LogP contribution is -1.87. The summed E-state index contributed by atoms with van der Waals surface area (Å²) in [5, 5.41) is 13.9. The Morgan fingerprint density at radius 2 is 2.12 bits per heavy atom. The molecule has 0 unspecified atom stereocenters. The van der Waals surface area contributed by atoms with Crippen LogP contribution in [0.15, 0.2) is 6.33 Å². The molecule has 3 rings (SSSR count). The van der Waals surface area contributed by atoms with E-state index in [1.165, 1.54) is 21.8 Å². The van der Waals surface area contributed by atoms with E-state index in [1.54, 1.807) is 22.2 Å². The maximum absolute atomic E-state index is 6.00. The van der Waals surface area contributed by atoms with Gasteiger partial charge in [-0.15, -0.1) is 21.5 Å². The van der Waals surface area contributed by atoms with E-state index in [1.807, 2.05) is 0 Å². The number of anilines is 1. The van der Waals surface area contributed by atoms with Crippen molar-refractivity contribution in [1.82, 2.24) is 19.8 Å². The summed E-state index contributed by atoms with van der Waals surface area (Å²) in [5.74, 6) is 0. The molecule has 0 fully saturated rings. The standard InChI is InChI=1S/C9H9N5S2/c1-4-5(2)15-7(10)6(4)8-13-14-3-11-12-9(14)16-8/h3H,10H2,1-2H3. The van der Waals surface area contributed by atoms with Gasteiger partial charge >= 0.3 is 0 Å². The minimum absolute atomic E-state index is 0.789. The van der Waals surface area contributed by atoms with E-state index in [0.29, 0.717) is 0 Å². The van der Waals surface area contributed by atoms with Crippen LogP contribution in [-0.2, 0) is 0 Å². The molecular formula is C9H9N5S2. The number of hydrogen-bond acceptors (Lipinski definition) is 6. The van der Waals surface area contributed by atoms with Gasteiger partial charge in [-0.05, 0) is 19.4 Å². The van der Waals surface area contributed by atoms with Crippen molar-refractivity contribution in [2.24, 2.45) is 0 Å². The number of nitrogens with two attached hydrogens (primary N) is 1. The zero-order chi connectivity index (χ0) is 11.3. The Morgan fingerprint density at radius 3 is 2.75 bits per heavy atom. The molecule has 0 saturated carbocycles. The van der Waals surface area contributed by atoms with Crippen LogP contribution < -0.4 is 5.73 Å². The SMILES string of the molecule is Cc1sc(N)c(-c2nn3cnnc3s2)c1C. The zero-order valence-electron chi connectivity index (χ0n) is 8.76. The molecule has 0 amide bonds. The summed E-state index contributed by atoms with van der Waals surface area (Å²) < 4.78 is 1.67. The molecule has 0 atom stereocenters. The van der Waals surface area contributed by atoms with Crippen LogP contribution in [0.5, 0.6) is 0 Å². The Hall–Kier alpha value is -1.47. The predicted octanol–water partition coefficient (Wildman–Crippen LogP) is 2.11. The fraction of sp³-hybridized carbons (Fsp3) is 0.222. The number of nitrogens with zero attached hydrogens (tertiary/aromatic N) is 4. The first-order valence-corrected chi connectivity index (χ1v) is 6.33. The molecule has 2 N–H and O–H groups in total. The van der Waals surface area contributed by atoms with Gasteiger partial charge in [0.25, 0.3) is 0 Å². The van der Waals surface area contributed by atoms with Gasteiger partial charge in [-0.1, -0.05) is 11.3 Å². The molecule has 16 heavy (non-hydrogen) atoms. The topological polar surface area (TPSA) is 69.1 Å². The van der Waals surface area contributed by atoms with Crippen LogP contribution in [0.25, 0.3) is 15.5 Å². The van der Waals surface area contributed by atoms with Crippen molar-refractivity contribution in [2.45, 2.75) is 13.8 Å². The predicted molar refractivity (Wildman–Crippen MR) is 65.9 cm³/mol. The molecule has 0 spiro atoms. The number of aryl methyl sites for hydroxylation is 1. The van der Waals surface area contributed by atoms with Gasteiger partial charge < -0.3 is 5.73 Å². The smallest absolute Gasteiger partial charge is 0.234 e. The molecule has 3 heterocycles. The molecule has 0 radical (unpaired) electrons. The number of thiophene rings is 1. The van der Waals surface area contributed by atoms with Crippen LogP contribution >= 0.6 is 22.7 Å². The Morgan fingerprint density at radius 1 is 1.31 bits per heavy atom. The van der Waals surface area contributed by atoms with Crippen LogP contribution in [0.1, 0.15) is 10.4 Å². The summed E-state index contributed by atoms with van der Waals surface area (Å²) in [6, 6.07) is 0. The minimum Gasteiger partial charge on any atom is -0.390 e. The quantitative estimate of drug-likeness (QED) is 0.719. The number of nitrogen functional groups attached to an aromatic ring is 1. The third kappa shape index (κ3) is 1.25. The van der Waals surface area contributed by atoms with Crippen LogP contribution in [0, 0.1) is 13.8 Å². The maximum atomic E-state index is 6.00. The molecule has 0 saturated heterocycles. The van der Waals surface area contributed by atoms with Crippen molar-refractivity contribution in [2.75, 3.05) is 5.73 Å². The van der Waals surface area contributed by atoms with Gasteiger partial charge in [0, 0.05) is 10.4 Å². The molecule has 0 aromatic carbocycles. The third-order valence-corrected chi connectivity index (χ3v) is 4.48. The number of aromatic nitrogens is 4. The van der Waals surface area contributed by atoms with Crippen LogP contribution in [0.2, 0.25) is 0 Å². The van der Waals surface area contributed by atoms with E-state index < -0.39 is 0 Å². The van der Waals surface area contributed by atoms with E-state index in [2.05, 4.69) is 29.1 Å². The van der Waals surface area contributed by atoms with Gasteiger partial charge in [0.2, 0.25) is 4.96 Å². The average Bonchev–Trinajstić information content (AvgIpc) is 2.82. The second kappa shape index (κ2) is 3.26. The average molecular weight is 251 g/mol. The summed E-state index contributed by atoms with van der Waals surface area (Å²) in [4.78, 5) is 2.02. The summed E-state index contributed by atoms with van der Waals surface area (Å²) in [6.45, 7) is 4.14. The first-order chi connectivity index (χ1) is 7.66. The largest absolute Gasteiger partial charge is 0.390 e. The normalized spacial score (nSPS) is 11.4. The third-order valence-electron chi connectivity index (χ3n) is 2.51. The molecule has 7 heteroatoms. The zero-order valence-corrected chi connectivity index (χ0v) is 10.4. The van der Waals surface area contributed by atoms with E-state index in [-0.39, 0.29) is 0 Å². The highest BCUT2D eigenvalue weighted by Crippen LogP contribution is 2.39. The lowest BCUT2D eigenvalue weighted by Gasteiger charge is -1.95. The first-order valence-electron chi connectivity index (χ1n) is 4.69. The van der Waals surface area contributed by atoms with Crippen molar-refractivity contribution < 1.29 is 0 Å². The lowest BCUT2D eigenvalue weighted by molar-refractivity contribution is 0.959. The highest BCUT2D eigenvalue weighted by molar-refractivity contribution is 7.21. The Labute approximate surface area is 99.6 Å². The van der Waals surface area contributed by atoms with Crippen molar-refractivity contribution in [1.29, 1.82) is 0 Å². The Balaban J connectivity index is 2.26. The lowest BCUT2D eigenvalue weighted by atomic mass is 10.2. The molecule has 0 aliphatic rings. The van der Waals surface area contributed by atoms with Crippen molar-refractivity contribution in [3.05, 3.63) is 16.8 Å². The van der Waals surface area contributed by atoms with E-state index in [9.17, 15) is 0 Å². The van der Waals surface area contributed by atoms with Gasteiger partial charge in [0.15, 0.2) is 5.01 Å². The molecule has 5 nitrogen and oxygen atoms in total. The van der Waals surface area contributed by atoms with Gasteiger partial charge in [-0.25, -0.2) is 0 Å². The summed E-state index contributed by atoms with van der Waals surface area (Å²) >= 11 is 3.11. The molecular weight excluding hydrogens is 242 g/mol. The fourth-order valence-electron chi connectivity index (χ4n) is 1.58. The van der Waals surface area contributed by atoms with E-state index >= 15 is 0 Å². The summed E-state index contributed by atoms with van der Waals surface area (Å²) in [7, 11) is 0. The monoisotopic (exact) mass is 251 g/mol. The highest BCUT2D eigenvalue weighted by Gasteiger charge is 2.16.